The second kappa shape index (κ2) is 7.52. The molecule has 7 nitrogen and oxygen atoms in total. The number of carbonyl (C=O) groups is 2. The summed E-state index contributed by atoms with van der Waals surface area (Å²) in [5.41, 5.74) is 8.51. The lowest BCUT2D eigenvalue weighted by Crippen LogP contribution is -2.13. The smallest absolute Gasteiger partial charge is 0.411 e. The predicted molar refractivity (Wildman–Crippen MR) is 100 cm³/mol. The molecule has 2 heterocycles. The average Bonchev–Trinajstić information content (AvgIpc) is 3.02. The topological polar surface area (TPSA) is 110 Å². The Kier molecular flexibility index (Phi) is 4.98. The summed E-state index contributed by atoms with van der Waals surface area (Å²) in [6.45, 7) is 2.00. The first-order valence-corrected chi connectivity index (χ1v) is 8.06. The van der Waals surface area contributed by atoms with Gasteiger partial charge < -0.3 is 15.5 Å². The molecule has 0 aliphatic rings. The van der Waals surface area contributed by atoms with Gasteiger partial charge in [-0.05, 0) is 24.6 Å². The van der Waals surface area contributed by atoms with Crippen molar-refractivity contribution in [1.82, 2.24) is 9.97 Å². The molecule has 2 amide bonds. The summed E-state index contributed by atoms with van der Waals surface area (Å²) in [5.74, 6) is -0.528. The van der Waals surface area contributed by atoms with Crippen LogP contribution in [-0.4, -0.2) is 28.6 Å². The Bertz CT molecular complexity index is 977. The third-order valence-corrected chi connectivity index (χ3v) is 3.74. The molecule has 4 N–H and O–H groups in total. The van der Waals surface area contributed by atoms with Gasteiger partial charge in [-0.2, -0.15) is 0 Å². The van der Waals surface area contributed by atoms with Crippen molar-refractivity contribution in [3.63, 3.8) is 0 Å². The number of aromatic amines is 1. The van der Waals surface area contributed by atoms with Crippen LogP contribution in [0.2, 0.25) is 0 Å². The largest absolute Gasteiger partial charge is 0.450 e. The fraction of sp³-hybridized carbons (Fsp3) is 0.105. The summed E-state index contributed by atoms with van der Waals surface area (Å²) >= 11 is 0. The van der Waals surface area contributed by atoms with Crippen LogP contribution in [0.25, 0.3) is 22.7 Å². The highest BCUT2D eigenvalue weighted by molar-refractivity contribution is 6.24. The molecule has 1 aromatic carbocycles. The number of aromatic nitrogens is 2. The molecule has 0 bridgehead atoms. The molecule has 2 aromatic heterocycles. The highest BCUT2D eigenvalue weighted by Crippen LogP contribution is 2.25. The maximum atomic E-state index is 11.9. The number of anilines is 1. The molecule has 0 atom stereocenters. The number of rotatable bonds is 5. The van der Waals surface area contributed by atoms with Crippen LogP contribution in [0.4, 0.5) is 10.5 Å². The van der Waals surface area contributed by atoms with E-state index in [0.717, 1.165) is 16.5 Å². The Hall–Kier alpha value is -3.61. The Balaban J connectivity index is 2.01. The summed E-state index contributed by atoms with van der Waals surface area (Å²) in [4.78, 5) is 30.8. The number of pyridine rings is 1. The van der Waals surface area contributed by atoms with E-state index in [4.69, 9.17) is 10.5 Å². The zero-order valence-corrected chi connectivity index (χ0v) is 14.2. The molecule has 0 aliphatic heterocycles. The van der Waals surface area contributed by atoms with E-state index in [1.165, 1.54) is 6.20 Å². The third kappa shape index (κ3) is 3.72. The lowest BCUT2D eigenvalue weighted by atomic mass is 10.0. The molecule has 0 unspecified atom stereocenters. The van der Waals surface area contributed by atoms with Gasteiger partial charge >= 0.3 is 6.09 Å². The standard InChI is InChI=1S/C19H18N4O3/c1-2-26-19(25)23-14-9-16-13(10-21-18(16)22-11-14)8-15(17(20)24)12-6-4-3-5-7-12/h3-11H,2H2,1H3,(H2,20,24)(H,21,22)(H,23,25). The lowest BCUT2D eigenvalue weighted by molar-refractivity contribution is -0.112. The molecule has 3 rings (SSSR count). The maximum Gasteiger partial charge on any atom is 0.411 e. The van der Waals surface area contributed by atoms with Crippen molar-refractivity contribution in [2.24, 2.45) is 5.73 Å². The van der Waals surface area contributed by atoms with E-state index in [2.05, 4.69) is 15.3 Å². The van der Waals surface area contributed by atoms with Crippen molar-refractivity contribution in [2.75, 3.05) is 11.9 Å². The van der Waals surface area contributed by atoms with E-state index in [0.29, 0.717) is 16.9 Å². The molecule has 0 aliphatic carbocycles. The van der Waals surface area contributed by atoms with Crippen LogP contribution in [0.15, 0.2) is 48.8 Å². The molecule has 132 valence electrons. The lowest BCUT2D eigenvalue weighted by Gasteiger charge is -2.05. The minimum Gasteiger partial charge on any atom is -0.450 e. The molecule has 26 heavy (non-hydrogen) atoms. The minimum atomic E-state index is -0.552. The molecule has 0 saturated heterocycles. The zero-order chi connectivity index (χ0) is 18.5. The van der Waals surface area contributed by atoms with Crippen LogP contribution < -0.4 is 11.1 Å². The molecule has 0 spiro atoms. The molecule has 0 fully saturated rings. The van der Waals surface area contributed by atoms with Gasteiger partial charge in [-0.15, -0.1) is 0 Å². The van der Waals surface area contributed by atoms with Crippen LogP contribution in [0.1, 0.15) is 18.1 Å². The van der Waals surface area contributed by atoms with Gasteiger partial charge in [0.05, 0.1) is 18.5 Å². The number of primary amides is 1. The van der Waals surface area contributed by atoms with Crippen LogP contribution >= 0.6 is 0 Å². The third-order valence-electron chi connectivity index (χ3n) is 3.74. The average molecular weight is 350 g/mol. The molecule has 0 radical (unpaired) electrons. The first-order chi connectivity index (χ1) is 12.6. The van der Waals surface area contributed by atoms with Crippen LogP contribution in [0.3, 0.4) is 0 Å². The number of hydrogen-bond donors (Lipinski definition) is 3. The van der Waals surface area contributed by atoms with Gasteiger partial charge in [0, 0.05) is 22.7 Å². The van der Waals surface area contributed by atoms with E-state index < -0.39 is 12.0 Å². The van der Waals surface area contributed by atoms with E-state index in [9.17, 15) is 9.59 Å². The predicted octanol–water partition coefficient (Wildman–Crippen LogP) is 3.16. The quantitative estimate of drug-likeness (QED) is 0.614. The monoisotopic (exact) mass is 350 g/mol. The highest BCUT2D eigenvalue weighted by Gasteiger charge is 2.12. The van der Waals surface area contributed by atoms with E-state index in [-0.39, 0.29) is 6.61 Å². The van der Waals surface area contributed by atoms with Crippen molar-refractivity contribution < 1.29 is 14.3 Å². The molecule has 0 saturated carbocycles. The number of nitrogens with one attached hydrogen (secondary N) is 2. The van der Waals surface area contributed by atoms with Gasteiger partial charge in [0.2, 0.25) is 5.91 Å². The second-order valence-corrected chi connectivity index (χ2v) is 5.50. The van der Waals surface area contributed by atoms with Crippen LogP contribution in [0, 0.1) is 0 Å². The summed E-state index contributed by atoms with van der Waals surface area (Å²) in [6, 6.07) is 10.9. The summed E-state index contributed by atoms with van der Waals surface area (Å²) < 4.78 is 4.86. The maximum absolute atomic E-state index is 11.9. The van der Waals surface area contributed by atoms with Gasteiger partial charge in [-0.25, -0.2) is 9.78 Å². The summed E-state index contributed by atoms with van der Waals surface area (Å²) in [5, 5.41) is 3.35. The van der Waals surface area contributed by atoms with Crippen molar-refractivity contribution in [2.45, 2.75) is 6.92 Å². The van der Waals surface area contributed by atoms with Gasteiger partial charge in [-0.3, -0.25) is 10.1 Å². The number of fused-ring (bicyclic) bond motifs is 1. The number of benzene rings is 1. The number of hydrogen-bond acceptors (Lipinski definition) is 4. The molecule has 7 heteroatoms. The van der Waals surface area contributed by atoms with Crippen molar-refractivity contribution >= 4 is 40.4 Å². The van der Waals surface area contributed by atoms with E-state index in [1.54, 1.807) is 25.3 Å². The number of nitrogens with two attached hydrogens (primary N) is 1. The second-order valence-electron chi connectivity index (χ2n) is 5.50. The number of H-pyrrole nitrogens is 1. The van der Waals surface area contributed by atoms with Crippen LogP contribution in [0.5, 0.6) is 0 Å². The molecule has 3 aromatic rings. The van der Waals surface area contributed by atoms with E-state index in [1.807, 2.05) is 30.3 Å². The Morgan fingerprint density at radius 2 is 2.08 bits per heavy atom. The Labute approximate surface area is 149 Å². The van der Waals surface area contributed by atoms with Gasteiger partial charge in [0.25, 0.3) is 0 Å². The minimum absolute atomic E-state index is 0.276. The fourth-order valence-electron chi connectivity index (χ4n) is 2.57. The zero-order valence-electron chi connectivity index (χ0n) is 14.2. The first-order valence-electron chi connectivity index (χ1n) is 8.06. The Morgan fingerprint density at radius 3 is 2.77 bits per heavy atom. The first kappa shape index (κ1) is 17.2. The SMILES string of the molecule is CCOC(=O)Nc1cnc2[nH]cc(C=C(C(N)=O)c3ccccc3)c2c1. The van der Waals surface area contributed by atoms with Crippen molar-refractivity contribution in [3.05, 3.63) is 59.9 Å². The van der Waals surface area contributed by atoms with Gasteiger partial charge in [-0.1, -0.05) is 30.3 Å². The van der Waals surface area contributed by atoms with Gasteiger partial charge in [0.1, 0.15) is 5.65 Å². The number of amides is 2. The Morgan fingerprint density at radius 1 is 1.31 bits per heavy atom. The number of carbonyl (C=O) groups excluding carboxylic acids is 2. The summed E-state index contributed by atoms with van der Waals surface area (Å²) in [6.07, 6.45) is 4.41. The number of nitrogens with zero attached hydrogens (tertiary/aromatic N) is 1. The molecular weight excluding hydrogens is 332 g/mol. The number of ether oxygens (including phenoxy) is 1. The highest BCUT2D eigenvalue weighted by atomic mass is 16.5. The normalized spacial score (nSPS) is 11.3. The van der Waals surface area contributed by atoms with Crippen LogP contribution in [-0.2, 0) is 9.53 Å². The van der Waals surface area contributed by atoms with Crippen molar-refractivity contribution in [3.8, 4) is 0 Å². The fourth-order valence-corrected chi connectivity index (χ4v) is 2.57. The molecular formula is C19H18N4O3. The summed E-state index contributed by atoms with van der Waals surface area (Å²) in [7, 11) is 0. The van der Waals surface area contributed by atoms with Gasteiger partial charge in [0.15, 0.2) is 0 Å². The van der Waals surface area contributed by atoms with Crippen molar-refractivity contribution in [1.29, 1.82) is 0 Å². The van der Waals surface area contributed by atoms with E-state index >= 15 is 0 Å².